The van der Waals surface area contributed by atoms with Gasteiger partial charge >= 0.3 is 0 Å². The molecule has 0 aromatic heterocycles. The van der Waals surface area contributed by atoms with E-state index in [1.807, 2.05) is 0 Å². The molecular formula is C13H26NO7P. The maximum atomic E-state index is 11.2. The van der Waals surface area contributed by atoms with Gasteiger partial charge < -0.3 is 35.1 Å². The molecule has 22 heavy (non-hydrogen) atoms. The zero-order chi connectivity index (χ0) is 16.3. The lowest BCUT2D eigenvalue weighted by Gasteiger charge is -2.42. The Labute approximate surface area is 130 Å². The zero-order valence-electron chi connectivity index (χ0n) is 12.7. The van der Waals surface area contributed by atoms with Crippen molar-refractivity contribution in [2.75, 3.05) is 19.9 Å². The van der Waals surface area contributed by atoms with Gasteiger partial charge in [-0.1, -0.05) is 0 Å². The van der Waals surface area contributed by atoms with E-state index in [-0.39, 0.29) is 6.61 Å². The van der Waals surface area contributed by atoms with Crippen LogP contribution in [0.15, 0.2) is 0 Å². The van der Waals surface area contributed by atoms with Crippen LogP contribution in [0.5, 0.6) is 0 Å². The van der Waals surface area contributed by atoms with Gasteiger partial charge in [0, 0.05) is 6.66 Å². The van der Waals surface area contributed by atoms with Crippen LogP contribution in [0.1, 0.15) is 25.7 Å². The highest BCUT2D eigenvalue weighted by Gasteiger charge is 2.45. The second-order valence-electron chi connectivity index (χ2n) is 6.07. The number of aliphatic hydroxyl groups is 3. The first-order valence-corrected chi connectivity index (χ1v) is 9.39. The van der Waals surface area contributed by atoms with Crippen LogP contribution in [-0.2, 0) is 18.6 Å². The maximum Gasteiger partial charge on any atom is 0.189 e. The van der Waals surface area contributed by atoms with E-state index in [9.17, 15) is 19.9 Å². The van der Waals surface area contributed by atoms with Gasteiger partial charge in [0.1, 0.15) is 18.3 Å². The lowest BCUT2D eigenvalue weighted by atomic mass is 9.78. The predicted molar refractivity (Wildman–Crippen MR) is 78.9 cm³/mol. The summed E-state index contributed by atoms with van der Waals surface area (Å²) in [7, 11) is -2.31. The van der Waals surface area contributed by atoms with Crippen LogP contribution >= 0.6 is 8.03 Å². The van der Waals surface area contributed by atoms with Gasteiger partial charge in [-0.05, 0) is 25.7 Å². The normalized spacial score (nSPS) is 39.2. The molecule has 6 atom stereocenters. The van der Waals surface area contributed by atoms with Gasteiger partial charge in [0.25, 0.3) is 0 Å². The Morgan fingerprint density at radius 1 is 1.45 bits per heavy atom. The highest BCUT2D eigenvalue weighted by atomic mass is 31.1. The van der Waals surface area contributed by atoms with Gasteiger partial charge in [0.15, 0.2) is 14.3 Å². The van der Waals surface area contributed by atoms with Crippen molar-refractivity contribution in [1.82, 2.24) is 0 Å². The second kappa shape index (κ2) is 7.68. The van der Waals surface area contributed by atoms with Crippen LogP contribution < -0.4 is 5.73 Å². The summed E-state index contributed by atoms with van der Waals surface area (Å²) in [6.45, 7) is 1.22. The van der Waals surface area contributed by atoms with Crippen molar-refractivity contribution in [2.24, 2.45) is 5.73 Å². The molecule has 2 rings (SSSR count). The number of hydrogen-bond acceptors (Lipinski definition) is 8. The number of hydrogen-bond donors (Lipinski definition) is 4. The van der Waals surface area contributed by atoms with E-state index in [4.69, 9.17) is 19.7 Å². The molecule has 1 saturated heterocycles. The fourth-order valence-electron chi connectivity index (χ4n) is 2.77. The Bertz CT molecular complexity index is 391. The topological polar surface area (TPSA) is 131 Å². The predicted octanol–water partition coefficient (Wildman–Crippen LogP) is -0.797. The first-order chi connectivity index (χ1) is 10.4. The molecule has 1 aliphatic carbocycles. The third kappa shape index (κ3) is 4.27. The first-order valence-electron chi connectivity index (χ1n) is 7.57. The van der Waals surface area contributed by atoms with Gasteiger partial charge in [-0.25, -0.2) is 0 Å². The van der Waals surface area contributed by atoms with Crippen LogP contribution in [-0.4, -0.2) is 71.4 Å². The molecule has 0 aromatic rings. The first kappa shape index (κ1) is 18.3. The van der Waals surface area contributed by atoms with E-state index in [1.165, 1.54) is 6.66 Å². The quantitative estimate of drug-likeness (QED) is 0.444. The molecule has 2 fully saturated rings. The van der Waals surface area contributed by atoms with E-state index in [1.54, 1.807) is 0 Å². The average Bonchev–Trinajstić information content (AvgIpc) is 2.44. The Hall–Kier alpha value is -0.0500. The highest BCUT2D eigenvalue weighted by molar-refractivity contribution is 7.38. The van der Waals surface area contributed by atoms with Gasteiger partial charge in [0.05, 0.1) is 24.9 Å². The molecule has 1 aliphatic heterocycles. The monoisotopic (exact) mass is 339 g/mol. The van der Waals surface area contributed by atoms with Gasteiger partial charge in [-0.2, -0.15) is 0 Å². The molecule has 0 spiro atoms. The van der Waals surface area contributed by atoms with Crippen molar-refractivity contribution in [1.29, 1.82) is 0 Å². The molecule has 2 aliphatic rings. The van der Waals surface area contributed by atoms with Gasteiger partial charge in [0.2, 0.25) is 0 Å². The van der Waals surface area contributed by atoms with E-state index in [0.29, 0.717) is 6.42 Å². The van der Waals surface area contributed by atoms with Crippen LogP contribution in [0, 0.1) is 0 Å². The second-order valence-corrected chi connectivity index (χ2v) is 7.29. The van der Waals surface area contributed by atoms with E-state index < -0.39 is 50.9 Å². The standard InChI is InChI=1S/C13H26NO7P/c1-22(18)21-11-8(7-15)20-12(9(14)10(11)16)19-6-5-13(17)3-2-4-13/h8-12,15-17,22H,2-7,14H2,1H3. The van der Waals surface area contributed by atoms with Crippen molar-refractivity contribution in [2.45, 2.75) is 61.9 Å². The number of rotatable bonds is 7. The molecule has 5 N–H and O–H groups in total. The van der Waals surface area contributed by atoms with Crippen LogP contribution in [0.3, 0.4) is 0 Å². The molecule has 0 bridgehead atoms. The Morgan fingerprint density at radius 3 is 2.64 bits per heavy atom. The molecule has 1 saturated carbocycles. The molecule has 0 aromatic carbocycles. The minimum Gasteiger partial charge on any atom is -0.394 e. The summed E-state index contributed by atoms with van der Waals surface area (Å²) in [6.07, 6.45) is -0.870. The number of aliphatic hydroxyl groups excluding tert-OH is 2. The van der Waals surface area contributed by atoms with E-state index in [2.05, 4.69) is 0 Å². The highest BCUT2D eigenvalue weighted by Crippen LogP contribution is 2.35. The largest absolute Gasteiger partial charge is 0.394 e. The lowest BCUT2D eigenvalue weighted by Crippen LogP contribution is -2.63. The lowest BCUT2D eigenvalue weighted by molar-refractivity contribution is -0.263. The average molecular weight is 339 g/mol. The molecule has 8 nitrogen and oxygen atoms in total. The summed E-state index contributed by atoms with van der Waals surface area (Å²) in [5.74, 6) is 0. The van der Waals surface area contributed by atoms with Crippen molar-refractivity contribution in [3.05, 3.63) is 0 Å². The molecule has 0 amide bonds. The van der Waals surface area contributed by atoms with Crippen LogP contribution in [0.2, 0.25) is 0 Å². The minimum absolute atomic E-state index is 0.246. The maximum absolute atomic E-state index is 11.2. The van der Waals surface area contributed by atoms with E-state index >= 15 is 0 Å². The smallest absolute Gasteiger partial charge is 0.189 e. The zero-order valence-corrected chi connectivity index (χ0v) is 13.7. The van der Waals surface area contributed by atoms with Crippen molar-refractivity contribution < 1.29 is 33.9 Å². The van der Waals surface area contributed by atoms with Crippen molar-refractivity contribution >= 4 is 8.03 Å². The van der Waals surface area contributed by atoms with Crippen molar-refractivity contribution in [3.8, 4) is 0 Å². The summed E-state index contributed by atoms with van der Waals surface area (Å²) < 4.78 is 27.4. The fraction of sp³-hybridized carbons (Fsp3) is 1.00. The summed E-state index contributed by atoms with van der Waals surface area (Å²) in [5.41, 5.74) is 5.22. The fourth-order valence-corrected chi connectivity index (χ4v) is 3.45. The Kier molecular flexibility index (Phi) is 6.39. The number of ether oxygens (including phenoxy) is 2. The summed E-state index contributed by atoms with van der Waals surface area (Å²) in [5, 5.41) is 29.5. The minimum atomic E-state index is -2.31. The molecule has 6 unspecified atom stereocenters. The Balaban J connectivity index is 1.88. The summed E-state index contributed by atoms with van der Waals surface area (Å²) in [6, 6.07) is -0.884. The summed E-state index contributed by atoms with van der Waals surface area (Å²) >= 11 is 0. The molecular weight excluding hydrogens is 313 g/mol. The van der Waals surface area contributed by atoms with Gasteiger partial charge in [-0.15, -0.1) is 0 Å². The summed E-state index contributed by atoms with van der Waals surface area (Å²) in [4.78, 5) is 0. The third-order valence-corrected chi connectivity index (χ3v) is 4.94. The Morgan fingerprint density at radius 2 is 2.14 bits per heavy atom. The molecule has 0 radical (unpaired) electrons. The van der Waals surface area contributed by atoms with E-state index in [0.717, 1.165) is 19.3 Å². The van der Waals surface area contributed by atoms with Crippen LogP contribution in [0.4, 0.5) is 0 Å². The molecule has 9 heteroatoms. The van der Waals surface area contributed by atoms with Crippen molar-refractivity contribution in [3.63, 3.8) is 0 Å². The molecule has 130 valence electrons. The molecule has 1 heterocycles. The number of nitrogens with two attached hydrogens (primary N) is 1. The van der Waals surface area contributed by atoms with Crippen LogP contribution in [0.25, 0.3) is 0 Å². The third-order valence-electron chi connectivity index (χ3n) is 4.34. The SMILES string of the molecule is C[PH](=O)OC1C(CO)OC(OCCC2(O)CCC2)C(N)C1O. The van der Waals surface area contributed by atoms with Gasteiger partial charge in [-0.3, -0.25) is 4.57 Å².